The first-order chi connectivity index (χ1) is 7.16. The quantitative estimate of drug-likeness (QED) is 0.692. The molecule has 5 nitrogen and oxygen atoms in total. The Bertz CT molecular complexity index is 344. The third kappa shape index (κ3) is 2.18. The van der Waals surface area contributed by atoms with Crippen LogP contribution >= 0.6 is 0 Å². The molecule has 2 heterocycles. The summed E-state index contributed by atoms with van der Waals surface area (Å²) in [6.07, 6.45) is 2.22. The summed E-state index contributed by atoms with van der Waals surface area (Å²) < 4.78 is 0. The normalized spacial score (nSPS) is 26.7. The van der Waals surface area contributed by atoms with Crippen molar-refractivity contribution in [1.29, 1.82) is 0 Å². The number of piperidine rings is 1. The maximum absolute atomic E-state index is 9.60. The number of aromatic nitrogens is 2. The van der Waals surface area contributed by atoms with Crippen LogP contribution in [0.2, 0.25) is 0 Å². The zero-order chi connectivity index (χ0) is 10.8. The van der Waals surface area contributed by atoms with Crippen molar-refractivity contribution in [3.63, 3.8) is 0 Å². The van der Waals surface area contributed by atoms with Gasteiger partial charge in [0.15, 0.2) is 0 Å². The lowest BCUT2D eigenvalue weighted by Gasteiger charge is -2.34. The van der Waals surface area contributed by atoms with E-state index in [1.54, 1.807) is 12.3 Å². The van der Waals surface area contributed by atoms with Gasteiger partial charge in [0.05, 0.1) is 6.10 Å². The van der Waals surface area contributed by atoms with Gasteiger partial charge in [-0.15, -0.1) is 0 Å². The monoisotopic (exact) mass is 208 g/mol. The molecule has 2 atom stereocenters. The summed E-state index contributed by atoms with van der Waals surface area (Å²) in [5.74, 6) is 1.40. The molecule has 1 unspecified atom stereocenters. The first kappa shape index (κ1) is 10.2. The molecule has 3 N–H and O–H groups in total. The molecule has 1 fully saturated rings. The van der Waals surface area contributed by atoms with Gasteiger partial charge < -0.3 is 15.7 Å². The molecule has 0 spiro atoms. The van der Waals surface area contributed by atoms with Gasteiger partial charge in [-0.05, 0) is 18.4 Å². The Kier molecular flexibility index (Phi) is 2.73. The molecule has 15 heavy (non-hydrogen) atoms. The molecule has 1 aromatic rings. The van der Waals surface area contributed by atoms with Crippen LogP contribution in [0.1, 0.15) is 13.3 Å². The number of nitrogen functional groups attached to an aromatic ring is 1. The maximum atomic E-state index is 9.60. The molecule has 0 aromatic carbocycles. The first-order valence-electron chi connectivity index (χ1n) is 5.18. The van der Waals surface area contributed by atoms with Crippen molar-refractivity contribution < 1.29 is 5.11 Å². The molecule has 0 radical (unpaired) electrons. The highest BCUT2D eigenvalue weighted by Crippen LogP contribution is 2.20. The van der Waals surface area contributed by atoms with E-state index in [2.05, 4.69) is 14.9 Å². The highest BCUT2D eigenvalue weighted by Gasteiger charge is 2.25. The summed E-state index contributed by atoms with van der Waals surface area (Å²) in [6, 6.07) is 1.67. The van der Waals surface area contributed by atoms with Gasteiger partial charge in [-0.25, -0.2) is 4.98 Å². The summed E-state index contributed by atoms with van der Waals surface area (Å²) >= 11 is 0. The summed E-state index contributed by atoms with van der Waals surface area (Å²) in [5, 5.41) is 9.60. The van der Waals surface area contributed by atoms with Gasteiger partial charge in [-0.2, -0.15) is 4.98 Å². The summed E-state index contributed by atoms with van der Waals surface area (Å²) in [5.41, 5.74) is 5.60. The van der Waals surface area contributed by atoms with Gasteiger partial charge in [-0.3, -0.25) is 0 Å². The largest absolute Gasteiger partial charge is 0.393 e. The van der Waals surface area contributed by atoms with Gasteiger partial charge in [0, 0.05) is 19.3 Å². The van der Waals surface area contributed by atoms with E-state index >= 15 is 0 Å². The molecule has 0 aliphatic carbocycles. The van der Waals surface area contributed by atoms with Crippen LogP contribution in [-0.4, -0.2) is 34.3 Å². The van der Waals surface area contributed by atoms with E-state index in [0.29, 0.717) is 11.8 Å². The fraction of sp³-hybridized carbons (Fsp3) is 0.600. The van der Waals surface area contributed by atoms with E-state index in [0.717, 1.165) is 19.5 Å². The number of aliphatic hydroxyl groups excluding tert-OH is 1. The highest BCUT2D eigenvalue weighted by atomic mass is 16.3. The average molecular weight is 208 g/mol. The van der Waals surface area contributed by atoms with Crippen LogP contribution in [0.4, 0.5) is 11.8 Å². The Labute approximate surface area is 88.9 Å². The number of nitrogens with zero attached hydrogens (tertiary/aromatic N) is 3. The maximum Gasteiger partial charge on any atom is 0.227 e. The predicted molar refractivity (Wildman–Crippen MR) is 58.4 cm³/mol. The number of hydrogen-bond donors (Lipinski definition) is 2. The minimum absolute atomic E-state index is 0.206. The van der Waals surface area contributed by atoms with Crippen LogP contribution in [0.3, 0.4) is 0 Å². The standard InChI is InChI=1S/C10H16N4O/c1-7-6-14(5-3-8(7)15)10-12-4-2-9(11)13-10/h2,4,7-8,15H,3,5-6H2,1H3,(H2,11,12,13)/t7?,8-/m0/s1. The van der Waals surface area contributed by atoms with E-state index in [-0.39, 0.29) is 12.0 Å². The third-order valence-electron chi connectivity index (χ3n) is 2.81. The molecule has 5 heteroatoms. The second kappa shape index (κ2) is 4.02. The molecule has 0 amide bonds. The van der Waals surface area contributed by atoms with Crippen molar-refractivity contribution in [3.8, 4) is 0 Å². The number of rotatable bonds is 1. The zero-order valence-corrected chi connectivity index (χ0v) is 8.80. The zero-order valence-electron chi connectivity index (χ0n) is 8.80. The van der Waals surface area contributed by atoms with E-state index in [9.17, 15) is 5.11 Å². The fourth-order valence-corrected chi connectivity index (χ4v) is 1.83. The van der Waals surface area contributed by atoms with Crippen LogP contribution in [-0.2, 0) is 0 Å². The summed E-state index contributed by atoms with van der Waals surface area (Å²) in [7, 11) is 0. The number of anilines is 2. The van der Waals surface area contributed by atoms with E-state index < -0.39 is 0 Å². The molecule has 1 aromatic heterocycles. The SMILES string of the molecule is CC1CN(c2nccc(N)n2)CC[C@@H]1O. The van der Waals surface area contributed by atoms with Gasteiger partial charge in [0.1, 0.15) is 5.82 Å². The van der Waals surface area contributed by atoms with Crippen molar-refractivity contribution in [1.82, 2.24) is 9.97 Å². The predicted octanol–water partition coefficient (Wildman–Crippen LogP) is 0.266. The minimum atomic E-state index is -0.206. The van der Waals surface area contributed by atoms with E-state index in [1.807, 2.05) is 6.92 Å². The van der Waals surface area contributed by atoms with E-state index in [1.165, 1.54) is 0 Å². The van der Waals surface area contributed by atoms with Crippen LogP contribution in [0.25, 0.3) is 0 Å². The Morgan fingerprint density at radius 1 is 1.60 bits per heavy atom. The number of aliphatic hydroxyl groups is 1. The molecule has 1 aliphatic rings. The third-order valence-corrected chi connectivity index (χ3v) is 2.81. The second-order valence-electron chi connectivity index (χ2n) is 4.06. The van der Waals surface area contributed by atoms with Crippen molar-refractivity contribution >= 4 is 11.8 Å². The lowest BCUT2D eigenvalue weighted by molar-refractivity contribution is 0.0966. The molecular weight excluding hydrogens is 192 g/mol. The molecule has 1 aliphatic heterocycles. The molecule has 0 saturated carbocycles. The van der Waals surface area contributed by atoms with Gasteiger partial charge in [-0.1, -0.05) is 6.92 Å². The summed E-state index contributed by atoms with van der Waals surface area (Å²) in [4.78, 5) is 10.4. The van der Waals surface area contributed by atoms with Crippen molar-refractivity contribution in [2.24, 2.45) is 5.92 Å². The molecule has 0 bridgehead atoms. The number of nitrogens with two attached hydrogens (primary N) is 1. The van der Waals surface area contributed by atoms with Crippen molar-refractivity contribution in [3.05, 3.63) is 12.3 Å². The minimum Gasteiger partial charge on any atom is -0.393 e. The molecule has 2 rings (SSSR count). The van der Waals surface area contributed by atoms with Gasteiger partial charge >= 0.3 is 0 Å². The fourth-order valence-electron chi connectivity index (χ4n) is 1.83. The Morgan fingerprint density at radius 3 is 3.07 bits per heavy atom. The topological polar surface area (TPSA) is 75.3 Å². The Morgan fingerprint density at radius 2 is 2.40 bits per heavy atom. The average Bonchev–Trinajstić information content (AvgIpc) is 2.22. The van der Waals surface area contributed by atoms with Crippen molar-refractivity contribution in [2.75, 3.05) is 23.7 Å². The van der Waals surface area contributed by atoms with Crippen molar-refractivity contribution in [2.45, 2.75) is 19.4 Å². The molecule has 1 saturated heterocycles. The first-order valence-corrected chi connectivity index (χ1v) is 5.18. The Balaban J connectivity index is 2.12. The molecule has 82 valence electrons. The molecular formula is C10H16N4O. The van der Waals surface area contributed by atoms with Crippen LogP contribution in [0, 0.1) is 5.92 Å². The highest BCUT2D eigenvalue weighted by molar-refractivity contribution is 5.38. The summed E-state index contributed by atoms with van der Waals surface area (Å²) in [6.45, 7) is 3.60. The van der Waals surface area contributed by atoms with Crippen LogP contribution in [0.5, 0.6) is 0 Å². The van der Waals surface area contributed by atoms with Gasteiger partial charge in [0.2, 0.25) is 5.95 Å². The second-order valence-corrected chi connectivity index (χ2v) is 4.06. The van der Waals surface area contributed by atoms with E-state index in [4.69, 9.17) is 5.73 Å². The lowest BCUT2D eigenvalue weighted by atomic mass is 9.97. The lowest BCUT2D eigenvalue weighted by Crippen LogP contribution is -2.42. The Hall–Kier alpha value is -1.36. The van der Waals surface area contributed by atoms with Gasteiger partial charge in [0.25, 0.3) is 0 Å². The smallest absolute Gasteiger partial charge is 0.227 e. The van der Waals surface area contributed by atoms with Crippen LogP contribution in [0.15, 0.2) is 12.3 Å². The van der Waals surface area contributed by atoms with Crippen LogP contribution < -0.4 is 10.6 Å². The number of hydrogen-bond acceptors (Lipinski definition) is 5.